The molecule has 0 radical (unpaired) electrons. The monoisotopic (exact) mass is 432 g/mol. The maximum atomic E-state index is 13.0. The van der Waals surface area contributed by atoms with Gasteiger partial charge in [0, 0.05) is 6.07 Å². The van der Waals surface area contributed by atoms with Crippen molar-refractivity contribution in [2.75, 3.05) is 0 Å². The number of alkyl carbamates (subject to hydrolysis) is 1. The predicted octanol–water partition coefficient (Wildman–Crippen LogP) is 2.31. The molecule has 0 heterocycles. The zero-order valence-corrected chi connectivity index (χ0v) is 17.1. The fourth-order valence-electron chi connectivity index (χ4n) is 2.69. The van der Waals surface area contributed by atoms with Crippen LogP contribution >= 0.6 is 0 Å². The lowest BCUT2D eigenvalue weighted by Gasteiger charge is -2.25. The molecule has 0 aliphatic rings. The molecule has 6 N–H and O–H groups in total. The number of phenols is 3. The van der Waals surface area contributed by atoms with Crippen molar-refractivity contribution in [1.29, 1.82) is 0 Å². The van der Waals surface area contributed by atoms with Crippen molar-refractivity contribution in [2.24, 2.45) is 0 Å². The van der Waals surface area contributed by atoms with Gasteiger partial charge in [-0.05, 0) is 56.2 Å². The van der Waals surface area contributed by atoms with Gasteiger partial charge in [0.15, 0.2) is 6.04 Å². The summed E-state index contributed by atoms with van der Waals surface area (Å²) in [6, 6.07) is 5.49. The first-order chi connectivity index (χ1) is 14.4. The summed E-state index contributed by atoms with van der Waals surface area (Å²) in [5, 5.41) is 43.1. The topological polar surface area (TPSA) is 165 Å². The average molecular weight is 432 g/mol. The molecule has 0 aliphatic heterocycles. The number of carboxylic acid groups (broad SMARTS) is 1. The van der Waals surface area contributed by atoms with Crippen molar-refractivity contribution < 1.29 is 39.5 Å². The van der Waals surface area contributed by atoms with Crippen LogP contribution in [0.3, 0.4) is 0 Å². The number of carbonyl (C=O) groups is 3. The number of hydrogen-bond donors (Lipinski definition) is 6. The van der Waals surface area contributed by atoms with E-state index in [-0.39, 0.29) is 28.4 Å². The molecule has 0 saturated carbocycles. The summed E-state index contributed by atoms with van der Waals surface area (Å²) in [7, 11) is 0. The number of hydrogen-bond acceptors (Lipinski definition) is 7. The Balaban J connectivity index is 2.36. The van der Waals surface area contributed by atoms with Gasteiger partial charge in [0.1, 0.15) is 28.9 Å². The smallest absolute Gasteiger partial charge is 0.408 e. The Kier molecular flexibility index (Phi) is 6.96. The standard InChI is InChI=1S/C21H24N2O8/c1-21(2,3)31-20(30)23-16(12-8-14(25)10-15(26)9-12)18(27)22-17(19(28)29)11-4-6-13(24)7-5-11/h4-10,16-17,24-26H,1-3H3,(H,22,27)(H,23,30)(H,28,29)/t16-,17+/m1/s1. The van der Waals surface area contributed by atoms with Gasteiger partial charge in [-0.1, -0.05) is 12.1 Å². The highest BCUT2D eigenvalue weighted by atomic mass is 16.6. The second kappa shape index (κ2) is 9.24. The zero-order chi connectivity index (χ0) is 23.3. The summed E-state index contributed by atoms with van der Waals surface area (Å²) >= 11 is 0. The molecule has 31 heavy (non-hydrogen) atoms. The molecule has 2 amide bonds. The predicted molar refractivity (Wildman–Crippen MR) is 109 cm³/mol. The lowest BCUT2D eigenvalue weighted by Crippen LogP contribution is -2.44. The van der Waals surface area contributed by atoms with Gasteiger partial charge in [-0.15, -0.1) is 0 Å². The Bertz CT molecular complexity index is 946. The largest absolute Gasteiger partial charge is 0.508 e. The maximum Gasteiger partial charge on any atom is 0.408 e. The number of benzene rings is 2. The molecule has 0 aromatic heterocycles. The zero-order valence-electron chi connectivity index (χ0n) is 17.1. The first kappa shape index (κ1) is 23.3. The van der Waals surface area contributed by atoms with E-state index in [9.17, 15) is 34.8 Å². The van der Waals surface area contributed by atoms with E-state index in [1.807, 2.05) is 0 Å². The summed E-state index contributed by atoms with van der Waals surface area (Å²) in [6.45, 7) is 4.85. The van der Waals surface area contributed by atoms with Crippen molar-refractivity contribution in [3.05, 3.63) is 53.6 Å². The summed E-state index contributed by atoms with van der Waals surface area (Å²) in [4.78, 5) is 37.0. The van der Waals surface area contributed by atoms with Gasteiger partial charge in [-0.3, -0.25) is 4.79 Å². The molecule has 2 aromatic carbocycles. The summed E-state index contributed by atoms with van der Waals surface area (Å²) in [5.41, 5.74) is -0.703. The minimum Gasteiger partial charge on any atom is -0.508 e. The Morgan fingerprint density at radius 3 is 1.84 bits per heavy atom. The second-order valence-corrected chi connectivity index (χ2v) is 7.73. The van der Waals surface area contributed by atoms with Crippen LogP contribution in [-0.4, -0.2) is 44.0 Å². The number of aromatic hydroxyl groups is 3. The molecule has 0 bridgehead atoms. The highest BCUT2D eigenvalue weighted by molar-refractivity contribution is 5.90. The molecule has 0 unspecified atom stereocenters. The number of amides is 2. The molecule has 10 heteroatoms. The van der Waals surface area contributed by atoms with E-state index in [4.69, 9.17) is 4.74 Å². The third kappa shape index (κ3) is 6.81. The molecule has 0 fully saturated rings. The van der Waals surface area contributed by atoms with Crippen molar-refractivity contribution >= 4 is 18.0 Å². The van der Waals surface area contributed by atoms with Crippen LogP contribution in [0.1, 0.15) is 44.0 Å². The van der Waals surface area contributed by atoms with Gasteiger partial charge >= 0.3 is 12.1 Å². The number of nitrogens with one attached hydrogen (secondary N) is 2. The van der Waals surface area contributed by atoms with Crippen molar-refractivity contribution in [3.8, 4) is 17.2 Å². The third-order valence-electron chi connectivity index (χ3n) is 3.94. The maximum absolute atomic E-state index is 13.0. The van der Waals surface area contributed by atoms with Crippen LogP contribution in [0, 0.1) is 0 Å². The molecular formula is C21H24N2O8. The number of carbonyl (C=O) groups excluding carboxylic acids is 2. The van der Waals surface area contributed by atoms with Crippen molar-refractivity contribution in [1.82, 2.24) is 10.6 Å². The molecule has 2 aromatic rings. The van der Waals surface area contributed by atoms with E-state index in [1.54, 1.807) is 20.8 Å². The van der Waals surface area contributed by atoms with E-state index < -0.39 is 35.7 Å². The summed E-state index contributed by atoms with van der Waals surface area (Å²) < 4.78 is 5.15. The van der Waals surface area contributed by atoms with Gasteiger partial charge in [0.25, 0.3) is 0 Å². The van der Waals surface area contributed by atoms with Gasteiger partial charge in [0.2, 0.25) is 5.91 Å². The molecule has 0 aliphatic carbocycles. The fraction of sp³-hybridized carbons (Fsp3) is 0.286. The van der Waals surface area contributed by atoms with Gasteiger partial charge in [-0.2, -0.15) is 0 Å². The Labute approximate surface area is 178 Å². The first-order valence-corrected chi connectivity index (χ1v) is 9.20. The highest BCUT2D eigenvalue weighted by Crippen LogP contribution is 2.26. The second-order valence-electron chi connectivity index (χ2n) is 7.73. The lowest BCUT2D eigenvalue weighted by atomic mass is 10.0. The van der Waals surface area contributed by atoms with E-state index >= 15 is 0 Å². The molecule has 166 valence electrons. The number of phenolic OH excluding ortho intramolecular Hbond substituents is 3. The van der Waals surface area contributed by atoms with Crippen LogP contribution in [0.4, 0.5) is 4.79 Å². The Hall–Kier alpha value is -3.95. The average Bonchev–Trinajstić information content (AvgIpc) is 2.62. The van der Waals surface area contributed by atoms with Crippen molar-refractivity contribution in [3.63, 3.8) is 0 Å². The molecule has 0 saturated heterocycles. The van der Waals surface area contributed by atoms with E-state index in [1.165, 1.54) is 24.3 Å². The molecule has 2 rings (SSSR count). The van der Waals surface area contributed by atoms with Crippen LogP contribution in [0.25, 0.3) is 0 Å². The molecular weight excluding hydrogens is 408 g/mol. The molecule has 0 spiro atoms. The molecule has 10 nitrogen and oxygen atoms in total. The minimum absolute atomic E-state index is 0.00398. The van der Waals surface area contributed by atoms with E-state index in [0.29, 0.717) is 0 Å². The van der Waals surface area contributed by atoms with E-state index in [2.05, 4.69) is 10.6 Å². The number of carboxylic acids is 1. The SMILES string of the molecule is CC(C)(C)OC(=O)N[C@@H](C(=O)N[C@H](C(=O)O)c1ccc(O)cc1)c1cc(O)cc(O)c1. The van der Waals surface area contributed by atoms with Gasteiger partial charge < -0.3 is 35.8 Å². The van der Waals surface area contributed by atoms with E-state index in [0.717, 1.165) is 18.2 Å². The highest BCUT2D eigenvalue weighted by Gasteiger charge is 2.30. The fourth-order valence-corrected chi connectivity index (χ4v) is 2.69. The van der Waals surface area contributed by atoms with Gasteiger partial charge in [0.05, 0.1) is 0 Å². The Morgan fingerprint density at radius 2 is 1.35 bits per heavy atom. The van der Waals surface area contributed by atoms with Crippen molar-refractivity contribution in [2.45, 2.75) is 38.5 Å². The lowest BCUT2D eigenvalue weighted by molar-refractivity contribution is -0.142. The van der Waals surface area contributed by atoms with Crippen LogP contribution in [0.15, 0.2) is 42.5 Å². The molecule has 2 atom stereocenters. The quantitative estimate of drug-likeness (QED) is 0.404. The Morgan fingerprint density at radius 1 is 0.806 bits per heavy atom. The normalized spacial score (nSPS) is 13.0. The third-order valence-corrected chi connectivity index (χ3v) is 3.94. The number of ether oxygens (including phenoxy) is 1. The van der Waals surface area contributed by atoms with Crippen LogP contribution in [0.5, 0.6) is 17.2 Å². The first-order valence-electron chi connectivity index (χ1n) is 9.20. The van der Waals surface area contributed by atoms with Crippen LogP contribution in [-0.2, 0) is 14.3 Å². The number of rotatable bonds is 6. The van der Waals surface area contributed by atoms with Crippen LogP contribution < -0.4 is 10.6 Å². The number of aliphatic carboxylic acids is 1. The minimum atomic E-state index is -1.50. The summed E-state index contributed by atoms with van der Waals surface area (Å²) in [5.74, 6) is -3.14. The van der Waals surface area contributed by atoms with Crippen LogP contribution in [0.2, 0.25) is 0 Å². The van der Waals surface area contributed by atoms with Gasteiger partial charge in [-0.25, -0.2) is 9.59 Å². The summed E-state index contributed by atoms with van der Waals surface area (Å²) in [6.07, 6.45) is -0.966.